The summed E-state index contributed by atoms with van der Waals surface area (Å²) < 4.78 is 2.14. The third-order valence-electron chi connectivity index (χ3n) is 2.59. The summed E-state index contributed by atoms with van der Waals surface area (Å²) in [7, 11) is 0. The number of hydrogen-bond acceptors (Lipinski definition) is 2. The van der Waals surface area contributed by atoms with E-state index in [0.717, 1.165) is 19.4 Å². The summed E-state index contributed by atoms with van der Waals surface area (Å²) in [5.74, 6) is 0.101. The number of rotatable bonds is 7. The normalized spacial score (nSPS) is 9.67. The van der Waals surface area contributed by atoms with Crippen molar-refractivity contribution in [3.8, 4) is 0 Å². The van der Waals surface area contributed by atoms with Gasteiger partial charge in [0.25, 0.3) is 0 Å². The van der Waals surface area contributed by atoms with Crippen LogP contribution in [0.3, 0.4) is 0 Å². The molecule has 0 spiro atoms. The number of halogens is 1. The monoisotopic (exact) mass is 315 g/mol. The van der Waals surface area contributed by atoms with E-state index >= 15 is 0 Å². The Bertz CT molecular complexity index is 341. The molecule has 0 aliphatic heterocycles. The fraction of sp³-hybridized carbons (Fsp3) is 0.538. The van der Waals surface area contributed by atoms with Crippen LogP contribution in [0, 0.1) is 6.92 Å². The Kier molecular flexibility index (Phi) is 9.50. The molecule has 0 aromatic carbocycles. The van der Waals surface area contributed by atoms with Gasteiger partial charge in [-0.3, -0.25) is 4.79 Å². The van der Waals surface area contributed by atoms with E-state index in [-0.39, 0.29) is 22.9 Å². The highest BCUT2D eigenvalue weighted by molar-refractivity contribution is 5.75. The minimum absolute atomic E-state index is 0. The summed E-state index contributed by atoms with van der Waals surface area (Å²) in [6, 6.07) is 4.18. The quantitative estimate of drug-likeness (QED) is 0.433. The Hall–Kier alpha value is -0.940. The average molecular weight is 316 g/mol. The number of nitrogens with two attached hydrogens (primary N) is 1. The molecule has 1 amide bonds. The van der Waals surface area contributed by atoms with Crippen molar-refractivity contribution < 1.29 is 26.3 Å². The van der Waals surface area contributed by atoms with Gasteiger partial charge in [-0.25, -0.2) is 4.57 Å². The molecule has 0 unspecified atom stereocenters. The lowest BCUT2D eigenvalue weighted by Gasteiger charge is -2.02. The molecule has 1 aromatic rings. The van der Waals surface area contributed by atoms with Crippen molar-refractivity contribution in [2.75, 3.05) is 13.1 Å². The molecular weight excluding hydrogens is 294 g/mol. The van der Waals surface area contributed by atoms with Crippen molar-refractivity contribution in [2.45, 2.75) is 32.7 Å². The molecule has 0 radical (unpaired) electrons. The smallest absolute Gasteiger partial charge is 0.220 e. The van der Waals surface area contributed by atoms with E-state index in [4.69, 9.17) is 5.73 Å². The Morgan fingerprint density at radius 3 is 2.61 bits per heavy atom. The van der Waals surface area contributed by atoms with E-state index in [0.29, 0.717) is 19.5 Å². The van der Waals surface area contributed by atoms with Gasteiger partial charge in [-0.2, -0.15) is 0 Å². The van der Waals surface area contributed by atoms with Gasteiger partial charge in [0.05, 0.1) is 0 Å². The highest BCUT2D eigenvalue weighted by Gasteiger charge is 2.02. The van der Waals surface area contributed by atoms with Crippen molar-refractivity contribution in [1.29, 1.82) is 0 Å². The van der Waals surface area contributed by atoms with Gasteiger partial charge in [-0.1, -0.05) is 0 Å². The number of amides is 1. The van der Waals surface area contributed by atoms with Gasteiger partial charge in [0.1, 0.15) is 6.54 Å². The summed E-state index contributed by atoms with van der Waals surface area (Å²) in [4.78, 5) is 11.3. The number of aromatic nitrogens is 1. The van der Waals surface area contributed by atoms with Crippen LogP contribution in [0.1, 0.15) is 24.8 Å². The van der Waals surface area contributed by atoms with Gasteiger partial charge in [-0.05, 0) is 18.9 Å². The van der Waals surface area contributed by atoms with Gasteiger partial charge < -0.3 is 28.0 Å². The Morgan fingerprint density at radius 1 is 1.33 bits per heavy atom. The van der Waals surface area contributed by atoms with Crippen LogP contribution < -0.4 is 32.6 Å². The van der Waals surface area contributed by atoms with Crippen molar-refractivity contribution in [3.05, 3.63) is 30.1 Å². The largest absolute Gasteiger partial charge is 1.00 e. The standard InChI is InChI=1S/C13H21N3O.BrH/c1-12-5-10-16(11-6-12)9-3-2-4-13(17)15-8-7-14;/h5-6,10-11H,2-4,7-9,14H2,1H3;1H. The second-order valence-electron chi connectivity index (χ2n) is 4.21. The minimum atomic E-state index is 0. The summed E-state index contributed by atoms with van der Waals surface area (Å²) in [6.07, 6.45) is 6.67. The number of hydrogen-bond donors (Lipinski definition) is 2. The highest BCUT2D eigenvalue weighted by atomic mass is 79.9. The summed E-state index contributed by atoms with van der Waals surface area (Å²) in [5, 5.41) is 2.77. The molecule has 0 aliphatic rings. The predicted molar refractivity (Wildman–Crippen MR) is 67.3 cm³/mol. The van der Waals surface area contributed by atoms with Crippen LogP contribution in [0.5, 0.6) is 0 Å². The van der Waals surface area contributed by atoms with E-state index in [9.17, 15) is 4.79 Å². The molecule has 4 nitrogen and oxygen atoms in total. The molecule has 3 N–H and O–H groups in total. The molecule has 1 rings (SSSR count). The molecule has 0 bridgehead atoms. The van der Waals surface area contributed by atoms with Gasteiger partial charge >= 0.3 is 0 Å². The van der Waals surface area contributed by atoms with Crippen molar-refractivity contribution in [3.63, 3.8) is 0 Å². The predicted octanol–water partition coefficient (Wildman–Crippen LogP) is -2.47. The minimum Gasteiger partial charge on any atom is -1.00 e. The van der Waals surface area contributed by atoms with Crippen LogP contribution in [0.4, 0.5) is 0 Å². The van der Waals surface area contributed by atoms with Crippen LogP contribution in [0.15, 0.2) is 24.5 Å². The van der Waals surface area contributed by atoms with Gasteiger partial charge in [0, 0.05) is 38.1 Å². The van der Waals surface area contributed by atoms with Crippen LogP contribution in [-0.2, 0) is 11.3 Å². The third kappa shape index (κ3) is 7.40. The molecular formula is C13H22BrN3O. The van der Waals surface area contributed by atoms with Crippen LogP contribution in [-0.4, -0.2) is 19.0 Å². The maximum atomic E-state index is 11.3. The molecule has 102 valence electrons. The zero-order chi connectivity index (χ0) is 12.5. The van der Waals surface area contributed by atoms with Gasteiger partial charge in [0.2, 0.25) is 5.91 Å². The number of aryl methyl sites for hydroxylation is 2. The summed E-state index contributed by atoms with van der Waals surface area (Å²) in [5.41, 5.74) is 6.57. The number of carbonyl (C=O) groups is 1. The first-order valence-electron chi connectivity index (χ1n) is 6.15. The Morgan fingerprint density at radius 2 is 2.00 bits per heavy atom. The Balaban J connectivity index is 0.00000289. The Labute approximate surface area is 119 Å². The third-order valence-corrected chi connectivity index (χ3v) is 2.59. The SMILES string of the molecule is Cc1cc[n+](CCCCC(=O)NCCN)cc1.[Br-]. The van der Waals surface area contributed by atoms with E-state index in [2.05, 4.69) is 41.3 Å². The average Bonchev–Trinajstić information content (AvgIpc) is 2.34. The second-order valence-corrected chi connectivity index (χ2v) is 4.21. The molecule has 1 heterocycles. The van der Waals surface area contributed by atoms with E-state index in [1.54, 1.807) is 0 Å². The summed E-state index contributed by atoms with van der Waals surface area (Å²) in [6.45, 7) is 4.12. The zero-order valence-electron chi connectivity index (χ0n) is 10.9. The van der Waals surface area contributed by atoms with Crippen molar-refractivity contribution >= 4 is 5.91 Å². The van der Waals surface area contributed by atoms with Crippen molar-refractivity contribution in [1.82, 2.24) is 5.32 Å². The van der Waals surface area contributed by atoms with Crippen molar-refractivity contribution in [2.24, 2.45) is 5.73 Å². The molecule has 1 aromatic heterocycles. The first-order valence-corrected chi connectivity index (χ1v) is 6.15. The molecule has 5 heteroatoms. The fourth-order valence-corrected chi connectivity index (χ4v) is 1.56. The van der Waals surface area contributed by atoms with Crippen LogP contribution in [0.2, 0.25) is 0 Å². The molecule has 18 heavy (non-hydrogen) atoms. The molecule has 0 saturated heterocycles. The van der Waals surface area contributed by atoms with Crippen LogP contribution >= 0.6 is 0 Å². The van der Waals surface area contributed by atoms with Gasteiger partial charge in [0.15, 0.2) is 12.4 Å². The maximum Gasteiger partial charge on any atom is 0.220 e. The number of nitrogens with zero attached hydrogens (tertiary/aromatic N) is 1. The molecule has 0 atom stereocenters. The zero-order valence-corrected chi connectivity index (χ0v) is 12.4. The van der Waals surface area contributed by atoms with E-state index in [1.807, 2.05) is 0 Å². The first-order chi connectivity index (χ1) is 8.22. The van der Waals surface area contributed by atoms with E-state index < -0.39 is 0 Å². The number of carbonyl (C=O) groups excluding carboxylic acids is 1. The number of unbranched alkanes of at least 4 members (excludes halogenated alkanes) is 1. The molecule has 0 fully saturated rings. The van der Waals surface area contributed by atoms with E-state index in [1.165, 1.54) is 5.56 Å². The lowest BCUT2D eigenvalue weighted by Crippen LogP contribution is -3.00. The first kappa shape index (κ1) is 17.1. The van der Waals surface area contributed by atoms with Gasteiger partial charge in [-0.15, -0.1) is 0 Å². The van der Waals surface area contributed by atoms with Crippen LogP contribution in [0.25, 0.3) is 0 Å². The lowest BCUT2D eigenvalue weighted by atomic mass is 10.2. The summed E-state index contributed by atoms with van der Waals surface area (Å²) >= 11 is 0. The highest BCUT2D eigenvalue weighted by Crippen LogP contribution is 1.96. The fourth-order valence-electron chi connectivity index (χ4n) is 1.56. The molecule has 0 aliphatic carbocycles. The number of nitrogens with one attached hydrogen (secondary N) is 1. The maximum absolute atomic E-state index is 11.3. The second kappa shape index (κ2) is 10.0. The topological polar surface area (TPSA) is 59.0 Å². The molecule has 0 saturated carbocycles. The lowest BCUT2D eigenvalue weighted by molar-refractivity contribution is -0.697. The number of pyridine rings is 1.